The Morgan fingerprint density at radius 1 is 1.42 bits per heavy atom. The van der Waals surface area contributed by atoms with Gasteiger partial charge in [-0.3, -0.25) is 4.79 Å². The average Bonchev–Trinajstić information content (AvgIpc) is 2.66. The molecule has 106 valence electrons. The number of carbonyl (C=O) groups is 1. The second kappa shape index (κ2) is 6.40. The Balaban J connectivity index is 0.00000180. The van der Waals surface area contributed by atoms with E-state index in [2.05, 4.69) is 0 Å². The summed E-state index contributed by atoms with van der Waals surface area (Å²) in [6.07, 6.45) is -0.743. The fourth-order valence-electron chi connectivity index (χ4n) is 1.99. The minimum absolute atomic E-state index is 0. The molecule has 19 heavy (non-hydrogen) atoms. The molecule has 0 aromatic carbocycles. The van der Waals surface area contributed by atoms with Crippen LogP contribution in [0.1, 0.15) is 23.5 Å². The van der Waals surface area contributed by atoms with Crippen LogP contribution in [0.2, 0.25) is 0 Å². The summed E-state index contributed by atoms with van der Waals surface area (Å²) in [5, 5.41) is 28.5. The highest BCUT2D eigenvalue weighted by Crippen LogP contribution is 2.25. The Hall–Kier alpha value is -1.05. The summed E-state index contributed by atoms with van der Waals surface area (Å²) in [6.45, 7) is 1.07. The zero-order valence-corrected chi connectivity index (χ0v) is 11.1. The first-order valence-electron chi connectivity index (χ1n) is 5.69. The second-order valence-corrected chi connectivity index (χ2v) is 4.32. The molecule has 0 bridgehead atoms. The fourth-order valence-corrected chi connectivity index (χ4v) is 1.99. The molecule has 3 N–H and O–H groups in total. The zero-order chi connectivity index (χ0) is 13.3. The average molecular weight is 290 g/mol. The second-order valence-electron chi connectivity index (χ2n) is 4.32. The summed E-state index contributed by atoms with van der Waals surface area (Å²) in [4.78, 5) is 11.3. The molecule has 1 aromatic rings. The van der Waals surface area contributed by atoms with E-state index in [9.17, 15) is 15.0 Å². The van der Waals surface area contributed by atoms with Gasteiger partial charge < -0.3 is 32.5 Å². The first kappa shape index (κ1) is 16.0. The van der Waals surface area contributed by atoms with Crippen molar-refractivity contribution in [3.63, 3.8) is 0 Å². The van der Waals surface area contributed by atoms with E-state index in [0.717, 1.165) is 0 Å². The number of hydrogen-bond donors (Lipinski definition) is 3. The van der Waals surface area contributed by atoms with Gasteiger partial charge in [-0.1, -0.05) is 0 Å². The Morgan fingerprint density at radius 3 is 2.63 bits per heavy atom. The molecule has 1 fully saturated rings. The molecule has 1 unspecified atom stereocenters. The number of carbonyl (C=O) groups excluding carboxylic acids is 1. The molecule has 0 aliphatic carbocycles. The van der Waals surface area contributed by atoms with E-state index < -0.39 is 24.5 Å². The topological polar surface area (TPSA) is 90.9 Å². The van der Waals surface area contributed by atoms with Crippen LogP contribution < -0.4 is 17.0 Å². The van der Waals surface area contributed by atoms with Crippen LogP contribution in [0.5, 0.6) is 0 Å². The lowest BCUT2D eigenvalue weighted by atomic mass is 10.1. The number of aliphatic hydroxyl groups excluding tert-OH is 3. The van der Waals surface area contributed by atoms with Gasteiger partial charge in [0, 0.05) is 6.07 Å². The number of ketones is 1. The molecule has 6 nitrogen and oxygen atoms in total. The zero-order valence-electron chi connectivity index (χ0n) is 10.3. The molecule has 2 heterocycles. The van der Waals surface area contributed by atoms with E-state index in [1.807, 2.05) is 0 Å². The molecular formula is C12H16ClNO5. The maximum atomic E-state index is 11.3. The number of hydrogen-bond acceptors (Lipinski definition) is 5. The van der Waals surface area contributed by atoms with Gasteiger partial charge in [-0.15, -0.1) is 0 Å². The van der Waals surface area contributed by atoms with Crippen LogP contribution in [-0.2, 0) is 4.74 Å². The lowest BCUT2D eigenvalue weighted by Crippen LogP contribution is -3.00. The molecule has 7 heteroatoms. The van der Waals surface area contributed by atoms with Crippen molar-refractivity contribution in [2.24, 2.45) is 0 Å². The third-order valence-electron chi connectivity index (χ3n) is 3.04. The van der Waals surface area contributed by atoms with E-state index in [1.165, 1.54) is 11.5 Å². The van der Waals surface area contributed by atoms with Crippen molar-refractivity contribution in [2.45, 2.75) is 31.5 Å². The van der Waals surface area contributed by atoms with Gasteiger partial charge in [0.2, 0.25) is 0 Å². The quantitative estimate of drug-likeness (QED) is 0.388. The number of aliphatic hydroxyl groups is 3. The maximum Gasteiger partial charge on any atom is 0.292 e. The van der Waals surface area contributed by atoms with Crippen molar-refractivity contribution in [3.05, 3.63) is 30.1 Å². The third-order valence-corrected chi connectivity index (χ3v) is 3.04. The SMILES string of the molecule is CC(=O)c1ccc[n+]([C@@H]2O[C@H](CO)[C@H](O)C2O)c1.[Cl-]. The van der Waals surface area contributed by atoms with Crippen molar-refractivity contribution in [1.29, 1.82) is 0 Å². The van der Waals surface area contributed by atoms with Crippen molar-refractivity contribution < 1.29 is 41.8 Å². The van der Waals surface area contributed by atoms with Crippen LogP contribution in [0.15, 0.2) is 24.5 Å². The number of halogens is 1. The number of pyridine rings is 1. The highest BCUT2D eigenvalue weighted by molar-refractivity contribution is 5.93. The summed E-state index contributed by atoms with van der Waals surface area (Å²) >= 11 is 0. The monoisotopic (exact) mass is 289 g/mol. The van der Waals surface area contributed by atoms with E-state index in [0.29, 0.717) is 5.56 Å². The van der Waals surface area contributed by atoms with Crippen LogP contribution >= 0.6 is 0 Å². The first-order chi connectivity index (χ1) is 8.54. The standard InChI is InChI=1S/C12H16NO5.ClH/c1-7(15)8-3-2-4-13(5-8)12-11(17)10(16)9(6-14)18-12;/h2-5,9-12,14,16-17H,6H2,1H3;1H/q+1;/p-1/t9-,10+,11?,12-;/m1./s1. The van der Waals surface area contributed by atoms with Gasteiger partial charge >= 0.3 is 0 Å². The van der Waals surface area contributed by atoms with E-state index in [-0.39, 0.29) is 24.8 Å². The molecule has 0 saturated carbocycles. The summed E-state index contributed by atoms with van der Waals surface area (Å²) in [7, 11) is 0. The lowest BCUT2D eigenvalue weighted by molar-refractivity contribution is -0.765. The smallest absolute Gasteiger partial charge is 0.292 e. The number of aromatic nitrogens is 1. The van der Waals surface area contributed by atoms with Crippen LogP contribution in [0.4, 0.5) is 0 Å². The Bertz CT molecular complexity index is 456. The molecule has 4 atom stereocenters. The lowest BCUT2D eigenvalue weighted by Gasteiger charge is -2.09. The predicted octanol–water partition coefficient (Wildman–Crippen LogP) is -4.21. The van der Waals surface area contributed by atoms with Gasteiger partial charge in [0.25, 0.3) is 6.23 Å². The van der Waals surface area contributed by atoms with Gasteiger partial charge in [0.15, 0.2) is 24.3 Å². The minimum atomic E-state index is -1.14. The summed E-state index contributed by atoms with van der Waals surface area (Å²) in [5.41, 5.74) is 0.482. The normalized spacial score (nSPS) is 29.9. The number of nitrogens with zero attached hydrogens (tertiary/aromatic N) is 1. The fraction of sp³-hybridized carbons (Fsp3) is 0.500. The minimum Gasteiger partial charge on any atom is -1.00 e. The Morgan fingerprint density at radius 2 is 2.11 bits per heavy atom. The van der Waals surface area contributed by atoms with E-state index in [4.69, 9.17) is 9.84 Å². The van der Waals surface area contributed by atoms with Crippen LogP contribution in [-0.4, -0.2) is 46.0 Å². The van der Waals surface area contributed by atoms with Crippen molar-refractivity contribution in [2.75, 3.05) is 6.61 Å². The molecule has 2 rings (SSSR count). The molecule has 0 radical (unpaired) electrons. The van der Waals surface area contributed by atoms with Gasteiger partial charge in [0.1, 0.15) is 12.2 Å². The van der Waals surface area contributed by atoms with Gasteiger partial charge in [-0.05, 0) is 13.0 Å². The Labute approximate surface area is 116 Å². The van der Waals surface area contributed by atoms with Crippen molar-refractivity contribution in [1.82, 2.24) is 0 Å². The Kier molecular flexibility index (Phi) is 5.39. The number of rotatable bonds is 3. The molecule has 1 aromatic heterocycles. The molecule has 0 amide bonds. The largest absolute Gasteiger partial charge is 1.00 e. The van der Waals surface area contributed by atoms with Crippen LogP contribution in [0.3, 0.4) is 0 Å². The van der Waals surface area contributed by atoms with Crippen LogP contribution in [0, 0.1) is 0 Å². The van der Waals surface area contributed by atoms with Gasteiger partial charge in [-0.2, -0.15) is 4.57 Å². The maximum absolute atomic E-state index is 11.3. The van der Waals surface area contributed by atoms with Crippen LogP contribution in [0.25, 0.3) is 0 Å². The van der Waals surface area contributed by atoms with Crippen molar-refractivity contribution in [3.8, 4) is 0 Å². The third kappa shape index (κ3) is 3.10. The van der Waals surface area contributed by atoms with E-state index >= 15 is 0 Å². The van der Waals surface area contributed by atoms with Crippen molar-refractivity contribution >= 4 is 5.78 Å². The summed E-state index contributed by atoms with van der Waals surface area (Å²) < 4.78 is 6.87. The number of Topliss-reactive ketones (excluding diaryl/α,β-unsaturated/α-hetero) is 1. The predicted molar refractivity (Wildman–Crippen MR) is 59.7 cm³/mol. The highest BCUT2D eigenvalue weighted by Gasteiger charge is 2.47. The molecule has 1 aliphatic rings. The highest BCUT2D eigenvalue weighted by atomic mass is 35.5. The first-order valence-corrected chi connectivity index (χ1v) is 5.69. The summed E-state index contributed by atoms with van der Waals surface area (Å²) in [5.74, 6) is -0.101. The molecule has 1 saturated heterocycles. The molecular weight excluding hydrogens is 274 g/mol. The number of ether oxygens (including phenoxy) is 1. The summed E-state index contributed by atoms with van der Waals surface area (Å²) in [6, 6.07) is 3.31. The van der Waals surface area contributed by atoms with Gasteiger partial charge in [-0.25, -0.2) is 0 Å². The molecule has 1 aliphatic heterocycles. The van der Waals surface area contributed by atoms with E-state index in [1.54, 1.807) is 24.5 Å². The van der Waals surface area contributed by atoms with Gasteiger partial charge in [0.05, 0.1) is 12.2 Å². The molecule has 0 spiro atoms.